The molecule has 0 saturated heterocycles. The molecule has 136 valence electrons. The Kier molecular flexibility index (Phi) is 6.23. The molecule has 1 amide bonds. The molecule has 0 aliphatic carbocycles. The molecule has 0 radical (unpaired) electrons. The number of amides is 1. The maximum atomic E-state index is 13.2. The van der Waals surface area contributed by atoms with Gasteiger partial charge in [0, 0.05) is 10.5 Å². The highest BCUT2D eigenvalue weighted by molar-refractivity contribution is 9.10. The van der Waals surface area contributed by atoms with E-state index in [0.717, 1.165) is 18.2 Å². The Morgan fingerprint density at radius 2 is 2.00 bits per heavy atom. The summed E-state index contributed by atoms with van der Waals surface area (Å²) in [4.78, 5) is 34.0. The molecule has 10 heteroatoms. The topological polar surface area (TPSA) is 108 Å². The van der Waals surface area contributed by atoms with E-state index >= 15 is 0 Å². The lowest BCUT2D eigenvalue weighted by molar-refractivity contribution is -0.384. The first kappa shape index (κ1) is 19.3. The van der Waals surface area contributed by atoms with E-state index in [-0.39, 0.29) is 22.7 Å². The second-order valence-corrected chi connectivity index (χ2v) is 5.74. The largest absolute Gasteiger partial charge is 0.494 e. The highest BCUT2D eigenvalue weighted by Gasteiger charge is 2.17. The average molecular weight is 427 g/mol. The van der Waals surface area contributed by atoms with E-state index < -0.39 is 29.2 Å². The number of ether oxygens (including phenoxy) is 2. The molecule has 0 fully saturated rings. The summed E-state index contributed by atoms with van der Waals surface area (Å²) in [5.41, 5.74) is -0.0981. The molecular formula is C16H12BrFN2O6. The number of esters is 1. The lowest BCUT2D eigenvalue weighted by Gasteiger charge is -2.10. The van der Waals surface area contributed by atoms with E-state index in [9.17, 15) is 24.1 Å². The van der Waals surface area contributed by atoms with Crippen LogP contribution in [0.5, 0.6) is 5.75 Å². The smallest absolute Gasteiger partial charge is 0.339 e. The van der Waals surface area contributed by atoms with Crippen molar-refractivity contribution in [3.05, 3.63) is 62.4 Å². The van der Waals surface area contributed by atoms with E-state index in [1.54, 1.807) is 0 Å². The minimum Gasteiger partial charge on any atom is -0.494 e. The van der Waals surface area contributed by atoms with Crippen LogP contribution in [0.2, 0.25) is 0 Å². The fourth-order valence-electron chi connectivity index (χ4n) is 1.95. The maximum Gasteiger partial charge on any atom is 0.339 e. The highest BCUT2D eigenvalue weighted by atomic mass is 79.9. The monoisotopic (exact) mass is 426 g/mol. The summed E-state index contributed by atoms with van der Waals surface area (Å²) >= 11 is 3.09. The molecule has 2 aromatic carbocycles. The molecule has 8 nitrogen and oxygen atoms in total. The third-order valence-corrected chi connectivity index (χ3v) is 3.84. The molecule has 0 spiro atoms. The predicted molar refractivity (Wildman–Crippen MR) is 92.7 cm³/mol. The number of nitrogens with one attached hydrogen (secondary N) is 1. The second kappa shape index (κ2) is 8.39. The zero-order valence-electron chi connectivity index (χ0n) is 13.3. The molecule has 0 heterocycles. The van der Waals surface area contributed by atoms with Crippen molar-refractivity contribution in [2.24, 2.45) is 0 Å². The number of nitrogens with zero attached hydrogens (tertiary/aromatic N) is 1. The van der Waals surface area contributed by atoms with Gasteiger partial charge in [-0.2, -0.15) is 0 Å². The van der Waals surface area contributed by atoms with E-state index in [1.807, 2.05) is 0 Å². The van der Waals surface area contributed by atoms with Crippen molar-refractivity contribution in [1.82, 2.24) is 0 Å². The summed E-state index contributed by atoms with van der Waals surface area (Å²) in [7, 11) is 1.29. The number of nitro groups is 1. The predicted octanol–water partition coefficient (Wildman–Crippen LogP) is 3.30. The van der Waals surface area contributed by atoms with Crippen LogP contribution in [-0.2, 0) is 9.53 Å². The fraction of sp³-hybridized carbons (Fsp3) is 0.125. The minimum atomic E-state index is -0.887. The lowest BCUT2D eigenvalue weighted by Crippen LogP contribution is -2.21. The van der Waals surface area contributed by atoms with Crippen molar-refractivity contribution in [3.8, 4) is 5.75 Å². The highest BCUT2D eigenvalue weighted by Crippen LogP contribution is 2.29. The molecule has 0 bridgehead atoms. The Labute approximate surface area is 155 Å². The van der Waals surface area contributed by atoms with Crippen molar-refractivity contribution >= 4 is 39.2 Å². The molecule has 0 aliphatic heterocycles. The van der Waals surface area contributed by atoms with Crippen LogP contribution in [0.1, 0.15) is 10.4 Å². The van der Waals surface area contributed by atoms with Gasteiger partial charge < -0.3 is 14.8 Å². The third kappa shape index (κ3) is 4.76. The van der Waals surface area contributed by atoms with Crippen molar-refractivity contribution in [2.75, 3.05) is 19.0 Å². The van der Waals surface area contributed by atoms with Gasteiger partial charge in [0.1, 0.15) is 11.6 Å². The Balaban J connectivity index is 2.02. The summed E-state index contributed by atoms with van der Waals surface area (Å²) < 4.78 is 23.3. The number of carbonyl (C=O) groups excluding carboxylic acids is 2. The van der Waals surface area contributed by atoms with Crippen molar-refractivity contribution in [3.63, 3.8) is 0 Å². The maximum absolute atomic E-state index is 13.2. The Hall–Kier alpha value is -3.01. The Morgan fingerprint density at radius 3 is 2.65 bits per heavy atom. The van der Waals surface area contributed by atoms with Gasteiger partial charge in [-0.1, -0.05) is 0 Å². The van der Waals surface area contributed by atoms with Gasteiger partial charge in [-0.25, -0.2) is 9.18 Å². The Morgan fingerprint density at radius 1 is 1.27 bits per heavy atom. The van der Waals surface area contributed by atoms with Crippen LogP contribution >= 0.6 is 15.9 Å². The fourth-order valence-corrected chi connectivity index (χ4v) is 2.35. The van der Waals surface area contributed by atoms with Crippen LogP contribution in [0.3, 0.4) is 0 Å². The van der Waals surface area contributed by atoms with Gasteiger partial charge in [0.05, 0.1) is 29.4 Å². The first-order valence-corrected chi connectivity index (χ1v) is 7.85. The number of benzene rings is 2. The zero-order chi connectivity index (χ0) is 19.3. The molecule has 2 aromatic rings. The summed E-state index contributed by atoms with van der Waals surface area (Å²) in [6.07, 6.45) is 0. The van der Waals surface area contributed by atoms with Gasteiger partial charge in [0.25, 0.3) is 11.6 Å². The van der Waals surface area contributed by atoms with Crippen molar-refractivity contribution in [1.29, 1.82) is 0 Å². The molecular weight excluding hydrogens is 415 g/mol. The number of anilines is 1. The van der Waals surface area contributed by atoms with Crippen molar-refractivity contribution < 1.29 is 28.4 Å². The first-order valence-electron chi connectivity index (χ1n) is 7.06. The summed E-state index contributed by atoms with van der Waals surface area (Å²) in [6.45, 7) is -0.637. The molecule has 0 saturated carbocycles. The van der Waals surface area contributed by atoms with Gasteiger partial charge in [-0.05, 0) is 40.2 Å². The molecule has 1 N–H and O–H groups in total. The quantitative estimate of drug-likeness (QED) is 0.431. The van der Waals surface area contributed by atoms with E-state index in [0.29, 0.717) is 4.47 Å². The van der Waals surface area contributed by atoms with Gasteiger partial charge in [0.2, 0.25) is 0 Å². The summed E-state index contributed by atoms with van der Waals surface area (Å²) in [5.74, 6) is -2.13. The van der Waals surface area contributed by atoms with E-state index in [1.165, 1.54) is 25.3 Å². The number of non-ortho nitro benzene ring substituents is 1. The van der Waals surface area contributed by atoms with E-state index in [2.05, 4.69) is 21.2 Å². The van der Waals surface area contributed by atoms with Crippen LogP contribution in [0.15, 0.2) is 40.9 Å². The summed E-state index contributed by atoms with van der Waals surface area (Å²) in [6, 6.07) is 7.10. The van der Waals surface area contributed by atoms with Crippen LogP contribution in [-0.4, -0.2) is 30.5 Å². The van der Waals surface area contributed by atoms with Crippen LogP contribution < -0.4 is 10.1 Å². The van der Waals surface area contributed by atoms with Gasteiger partial charge in [0.15, 0.2) is 6.61 Å². The van der Waals surface area contributed by atoms with Crippen LogP contribution in [0.4, 0.5) is 15.8 Å². The number of nitro benzene ring substituents is 1. The minimum absolute atomic E-state index is 0.0642. The number of methoxy groups -OCH3 is 1. The number of carbonyl (C=O) groups is 2. The SMILES string of the molecule is COc1cc([N+](=O)[O-])ccc1NC(=O)COC(=O)c1cc(F)ccc1Br. The molecule has 0 aromatic heterocycles. The standard InChI is InChI=1S/C16H12BrFN2O6/c1-25-14-7-10(20(23)24)3-5-13(14)19-15(21)8-26-16(22)11-6-9(18)2-4-12(11)17/h2-7H,8H2,1H3,(H,19,21). The average Bonchev–Trinajstić information content (AvgIpc) is 2.61. The third-order valence-electron chi connectivity index (χ3n) is 3.15. The Bertz CT molecular complexity index is 874. The van der Waals surface area contributed by atoms with E-state index in [4.69, 9.17) is 9.47 Å². The number of hydrogen-bond donors (Lipinski definition) is 1. The van der Waals surface area contributed by atoms with Gasteiger partial charge in [-0.3, -0.25) is 14.9 Å². The molecule has 26 heavy (non-hydrogen) atoms. The lowest BCUT2D eigenvalue weighted by atomic mass is 10.2. The molecule has 0 atom stereocenters. The van der Waals surface area contributed by atoms with Crippen LogP contribution in [0.25, 0.3) is 0 Å². The van der Waals surface area contributed by atoms with Gasteiger partial charge >= 0.3 is 5.97 Å². The van der Waals surface area contributed by atoms with Crippen molar-refractivity contribution in [2.45, 2.75) is 0 Å². The van der Waals surface area contributed by atoms with Gasteiger partial charge in [-0.15, -0.1) is 0 Å². The zero-order valence-corrected chi connectivity index (χ0v) is 14.9. The number of halogens is 2. The number of hydrogen-bond acceptors (Lipinski definition) is 6. The summed E-state index contributed by atoms with van der Waals surface area (Å²) in [5, 5.41) is 13.2. The first-order chi connectivity index (χ1) is 12.3. The second-order valence-electron chi connectivity index (χ2n) is 4.89. The van der Waals surface area contributed by atoms with Crippen LogP contribution in [0, 0.1) is 15.9 Å². The molecule has 0 unspecified atom stereocenters. The number of rotatable bonds is 6. The molecule has 2 rings (SSSR count). The normalized spacial score (nSPS) is 10.1. The molecule has 0 aliphatic rings.